The summed E-state index contributed by atoms with van der Waals surface area (Å²) in [5.41, 5.74) is 1.28. The highest BCUT2D eigenvalue weighted by molar-refractivity contribution is 7.86. The third-order valence-electron chi connectivity index (χ3n) is 5.64. The van der Waals surface area contributed by atoms with Crippen LogP contribution >= 0.6 is 0 Å². The summed E-state index contributed by atoms with van der Waals surface area (Å²) >= 11 is 0. The van der Waals surface area contributed by atoms with Crippen LogP contribution in [0.25, 0.3) is 0 Å². The van der Waals surface area contributed by atoms with Gasteiger partial charge in [-0.1, -0.05) is 30.3 Å². The van der Waals surface area contributed by atoms with Gasteiger partial charge in [0.05, 0.1) is 0 Å². The van der Waals surface area contributed by atoms with E-state index in [-0.39, 0.29) is 17.9 Å². The molecule has 150 valence electrons. The highest BCUT2D eigenvalue weighted by Gasteiger charge is 2.35. The minimum atomic E-state index is -3.34. The summed E-state index contributed by atoms with van der Waals surface area (Å²) in [6.45, 7) is 4.17. The summed E-state index contributed by atoms with van der Waals surface area (Å²) < 4.78 is 28.4. The first-order valence-electron chi connectivity index (χ1n) is 10.1. The molecule has 3 rings (SSSR count). The standard InChI is InChI=1S/C20H31N3O3S/c1-17(9-10-18-7-3-2-4-8-18)21-20(24)19-11-15-23(16-12-19)27(25,26)22-13-5-6-14-22/h2-4,7-8,17,19H,5-6,9-16H2,1H3,(H,21,24). The van der Waals surface area contributed by atoms with Gasteiger partial charge in [-0.3, -0.25) is 4.79 Å². The second kappa shape index (κ2) is 9.17. The molecule has 1 unspecified atom stereocenters. The van der Waals surface area contributed by atoms with Crippen molar-refractivity contribution in [1.29, 1.82) is 0 Å². The molecule has 0 bridgehead atoms. The molecule has 27 heavy (non-hydrogen) atoms. The zero-order valence-corrected chi connectivity index (χ0v) is 17.0. The summed E-state index contributed by atoms with van der Waals surface area (Å²) in [4.78, 5) is 12.5. The van der Waals surface area contributed by atoms with Crippen molar-refractivity contribution in [3.8, 4) is 0 Å². The van der Waals surface area contributed by atoms with Crippen LogP contribution in [0.1, 0.15) is 44.6 Å². The molecule has 2 aliphatic rings. The van der Waals surface area contributed by atoms with Crippen molar-refractivity contribution in [2.24, 2.45) is 5.92 Å². The van der Waals surface area contributed by atoms with E-state index in [1.165, 1.54) is 5.56 Å². The van der Waals surface area contributed by atoms with Gasteiger partial charge in [-0.05, 0) is 51.0 Å². The van der Waals surface area contributed by atoms with Gasteiger partial charge >= 0.3 is 0 Å². The molecular weight excluding hydrogens is 362 g/mol. The third kappa shape index (κ3) is 5.30. The van der Waals surface area contributed by atoms with E-state index in [4.69, 9.17) is 0 Å². The fraction of sp³-hybridized carbons (Fsp3) is 0.650. The quantitative estimate of drug-likeness (QED) is 0.772. The number of carbonyl (C=O) groups excluding carboxylic acids is 1. The van der Waals surface area contributed by atoms with Gasteiger partial charge < -0.3 is 5.32 Å². The summed E-state index contributed by atoms with van der Waals surface area (Å²) in [6, 6.07) is 10.4. The SMILES string of the molecule is CC(CCc1ccccc1)NC(=O)C1CCN(S(=O)(=O)N2CCCC2)CC1. The molecule has 6 nitrogen and oxygen atoms in total. The van der Waals surface area contributed by atoms with Gasteiger partial charge in [0.2, 0.25) is 5.91 Å². The number of amides is 1. The van der Waals surface area contributed by atoms with Crippen molar-refractivity contribution in [3.05, 3.63) is 35.9 Å². The molecule has 7 heteroatoms. The highest BCUT2D eigenvalue weighted by Crippen LogP contribution is 2.24. The van der Waals surface area contributed by atoms with Crippen LogP contribution in [0.2, 0.25) is 0 Å². The zero-order valence-electron chi connectivity index (χ0n) is 16.1. The summed E-state index contributed by atoms with van der Waals surface area (Å²) in [6.07, 6.45) is 4.93. The molecule has 2 saturated heterocycles. The maximum atomic E-state index is 12.6. The largest absolute Gasteiger partial charge is 0.353 e. The van der Waals surface area contributed by atoms with Crippen molar-refractivity contribution in [1.82, 2.24) is 13.9 Å². The topological polar surface area (TPSA) is 69.7 Å². The molecular formula is C20H31N3O3S. The number of carbonyl (C=O) groups is 1. The van der Waals surface area contributed by atoms with Crippen LogP contribution in [0.5, 0.6) is 0 Å². The minimum absolute atomic E-state index is 0.0637. The Morgan fingerprint density at radius 3 is 2.30 bits per heavy atom. The summed E-state index contributed by atoms with van der Waals surface area (Å²) in [5.74, 6) is -0.0250. The Labute approximate surface area is 163 Å². The van der Waals surface area contributed by atoms with Gasteiger partial charge in [0.15, 0.2) is 0 Å². The molecule has 0 aliphatic carbocycles. The Morgan fingerprint density at radius 2 is 1.67 bits per heavy atom. The second-order valence-corrected chi connectivity index (χ2v) is 9.65. The van der Waals surface area contributed by atoms with Gasteiger partial charge in [0, 0.05) is 38.1 Å². The first-order valence-corrected chi connectivity index (χ1v) is 11.5. The number of rotatable bonds is 7. The number of hydrogen-bond donors (Lipinski definition) is 1. The number of piperidine rings is 1. The Morgan fingerprint density at radius 1 is 1.07 bits per heavy atom. The lowest BCUT2D eigenvalue weighted by Gasteiger charge is -2.33. The molecule has 1 amide bonds. The van der Waals surface area contributed by atoms with Crippen LogP contribution in [-0.4, -0.2) is 55.2 Å². The molecule has 2 aliphatic heterocycles. The van der Waals surface area contributed by atoms with E-state index in [9.17, 15) is 13.2 Å². The molecule has 0 radical (unpaired) electrons. The van der Waals surface area contributed by atoms with Crippen LogP contribution in [0.3, 0.4) is 0 Å². The average Bonchev–Trinajstić information content (AvgIpc) is 3.23. The molecule has 0 saturated carbocycles. The molecule has 2 heterocycles. The predicted octanol–water partition coefficient (Wildman–Crippen LogP) is 2.18. The minimum Gasteiger partial charge on any atom is -0.353 e. The van der Waals surface area contributed by atoms with Gasteiger partial charge in [-0.2, -0.15) is 17.0 Å². The fourth-order valence-corrected chi connectivity index (χ4v) is 5.61. The van der Waals surface area contributed by atoms with E-state index in [1.807, 2.05) is 25.1 Å². The van der Waals surface area contributed by atoms with E-state index >= 15 is 0 Å². The maximum absolute atomic E-state index is 12.6. The fourth-order valence-electron chi connectivity index (χ4n) is 3.89. The Bertz CT molecular complexity index is 709. The van der Waals surface area contributed by atoms with Crippen molar-refractivity contribution >= 4 is 16.1 Å². The first kappa shape index (κ1) is 20.3. The van der Waals surface area contributed by atoms with E-state index in [0.717, 1.165) is 25.7 Å². The third-order valence-corrected chi connectivity index (χ3v) is 7.68. The van der Waals surface area contributed by atoms with Gasteiger partial charge in [-0.25, -0.2) is 0 Å². The molecule has 1 aromatic rings. The molecule has 1 atom stereocenters. The lowest BCUT2D eigenvalue weighted by atomic mass is 9.96. The van der Waals surface area contributed by atoms with Crippen molar-refractivity contribution in [3.63, 3.8) is 0 Å². The maximum Gasteiger partial charge on any atom is 0.281 e. The smallest absolute Gasteiger partial charge is 0.281 e. The Balaban J connectivity index is 1.42. The van der Waals surface area contributed by atoms with Crippen molar-refractivity contribution in [2.45, 2.75) is 51.5 Å². The lowest BCUT2D eigenvalue weighted by molar-refractivity contribution is -0.126. The zero-order chi connectivity index (χ0) is 19.3. The first-order chi connectivity index (χ1) is 13.0. The Hall–Kier alpha value is -1.44. The monoisotopic (exact) mass is 393 g/mol. The van der Waals surface area contributed by atoms with Crippen LogP contribution in [0.4, 0.5) is 0 Å². The molecule has 2 fully saturated rings. The number of hydrogen-bond acceptors (Lipinski definition) is 3. The highest BCUT2D eigenvalue weighted by atomic mass is 32.2. The summed E-state index contributed by atoms with van der Waals surface area (Å²) in [7, 11) is -3.34. The van der Waals surface area contributed by atoms with Gasteiger partial charge in [0.25, 0.3) is 10.2 Å². The van der Waals surface area contributed by atoms with E-state index in [1.54, 1.807) is 8.61 Å². The molecule has 0 aromatic heterocycles. The van der Waals surface area contributed by atoms with Crippen LogP contribution in [0.15, 0.2) is 30.3 Å². The van der Waals surface area contributed by atoms with E-state index < -0.39 is 10.2 Å². The van der Waals surface area contributed by atoms with Crippen LogP contribution in [0, 0.1) is 5.92 Å². The van der Waals surface area contributed by atoms with Crippen molar-refractivity contribution < 1.29 is 13.2 Å². The number of nitrogens with one attached hydrogen (secondary N) is 1. The summed E-state index contributed by atoms with van der Waals surface area (Å²) in [5, 5.41) is 3.11. The molecule has 0 spiro atoms. The molecule has 1 N–H and O–H groups in total. The second-order valence-electron chi connectivity index (χ2n) is 7.72. The lowest BCUT2D eigenvalue weighted by Crippen LogP contribution is -2.48. The number of aryl methyl sites for hydroxylation is 1. The normalized spacial score (nSPS) is 21.2. The number of nitrogens with zero attached hydrogens (tertiary/aromatic N) is 2. The van der Waals surface area contributed by atoms with Crippen LogP contribution < -0.4 is 5.32 Å². The molecule has 1 aromatic carbocycles. The van der Waals surface area contributed by atoms with E-state index in [0.29, 0.717) is 39.0 Å². The van der Waals surface area contributed by atoms with Crippen molar-refractivity contribution in [2.75, 3.05) is 26.2 Å². The number of benzene rings is 1. The van der Waals surface area contributed by atoms with Crippen LogP contribution in [-0.2, 0) is 21.4 Å². The van der Waals surface area contributed by atoms with Gasteiger partial charge in [0.1, 0.15) is 0 Å². The van der Waals surface area contributed by atoms with Gasteiger partial charge in [-0.15, -0.1) is 0 Å². The Kier molecular flexibility index (Phi) is 6.89. The van der Waals surface area contributed by atoms with E-state index in [2.05, 4.69) is 17.4 Å². The predicted molar refractivity (Wildman–Crippen MR) is 106 cm³/mol. The average molecular weight is 394 g/mol.